The Morgan fingerprint density at radius 1 is 1.25 bits per heavy atom. The number of rotatable bonds is 5. The molecular weight excluding hydrogens is 314 g/mol. The van der Waals surface area contributed by atoms with Gasteiger partial charge < -0.3 is 14.8 Å². The summed E-state index contributed by atoms with van der Waals surface area (Å²) in [7, 11) is 1.70. The van der Waals surface area contributed by atoms with E-state index in [0.717, 1.165) is 12.1 Å². The van der Waals surface area contributed by atoms with Gasteiger partial charge in [0.2, 0.25) is 0 Å². The van der Waals surface area contributed by atoms with Crippen LogP contribution in [0.5, 0.6) is 0 Å². The third kappa shape index (κ3) is 3.77. The molecule has 1 fully saturated rings. The molecule has 1 aliphatic heterocycles. The molecule has 0 spiro atoms. The number of methoxy groups -OCH3 is 1. The van der Waals surface area contributed by atoms with E-state index in [2.05, 4.69) is 10.3 Å². The minimum atomic E-state index is -0.593. The Hall–Kier alpha value is -1.89. The van der Waals surface area contributed by atoms with Crippen molar-refractivity contribution in [2.75, 3.05) is 20.3 Å². The summed E-state index contributed by atoms with van der Waals surface area (Å²) < 4.78 is 38.5. The van der Waals surface area contributed by atoms with Crippen molar-refractivity contribution in [3.8, 4) is 11.1 Å². The zero-order chi connectivity index (χ0) is 16.9. The van der Waals surface area contributed by atoms with E-state index in [1.54, 1.807) is 19.2 Å². The molecule has 0 amide bonds. The average Bonchev–Trinajstić information content (AvgIpc) is 2.61. The number of halogens is 2. The SMILES string of the molecule is COC1CCOCC1NCc1ccc(-c2c(F)cccc2F)cn1. The highest BCUT2D eigenvalue weighted by Gasteiger charge is 2.25. The molecule has 3 rings (SSSR count). The van der Waals surface area contributed by atoms with E-state index in [9.17, 15) is 8.78 Å². The number of aromatic nitrogens is 1. The lowest BCUT2D eigenvalue weighted by Gasteiger charge is -2.31. The predicted octanol–water partition coefficient (Wildman–Crippen LogP) is 2.92. The molecular formula is C18H20F2N2O2. The fourth-order valence-corrected chi connectivity index (χ4v) is 2.88. The maximum absolute atomic E-state index is 13.8. The van der Waals surface area contributed by atoms with E-state index in [4.69, 9.17) is 9.47 Å². The summed E-state index contributed by atoms with van der Waals surface area (Å²) in [6, 6.07) is 7.37. The van der Waals surface area contributed by atoms with E-state index in [0.29, 0.717) is 25.3 Å². The second kappa shape index (κ2) is 7.79. The Bertz CT molecular complexity index is 659. The predicted molar refractivity (Wildman–Crippen MR) is 86.4 cm³/mol. The fourth-order valence-electron chi connectivity index (χ4n) is 2.88. The topological polar surface area (TPSA) is 43.4 Å². The van der Waals surface area contributed by atoms with Crippen molar-refractivity contribution in [1.29, 1.82) is 0 Å². The lowest BCUT2D eigenvalue weighted by molar-refractivity contribution is -0.0374. The van der Waals surface area contributed by atoms with Gasteiger partial charge in [-0.25, -0.2) is 8.78 Å². The monoisotopic (exact) mass is 334 g/mol. The van der Waals surface area contributed by atoms with Crippen molar-refractivity contribution in [1.82, 2.24) is 10.3 Å². The van der Waals surface area contributed by atoms with Crippen molar-refractivity contribution in [3.05, 3.63) is 53.9 Å². The van der Waals surface area contributed by atoms with Gasteiger partial charge in [-0.05, 0) is 24.6 Å². The summed E-state index contributed by atoms with van der Waals surface area (Å²) >= 11 is 0. The van der Waals surface area contributed by atoms with E-state index in [1.807, 2.05) is 0 Å². The molecule has 1 aromatic heterocycles. The van der Waals surface area contributed by atoms with E-state index in [-0.39, 0.29) is 17.7 Å². The first-order valence-corrected chi connectivity index (χ1v) is 7.92. The molecule has 1 N–H and O–H groups in total. The number of benzene rings is 1. The number of nitrogens with zero attached hydrogens (tertiary/aromatic N) is 1. The Labute approximate surface area is 139 Å². The highest BCUT2D eigenvalue weighted by Crippen LogP contribution is 2.25. The molecule has 0 bridgehead atoms. The number of hydrogen-bond donors (Lipinski definition) is 1. The van der Waals surface area contributed by atoms with Gasteiger partial charge in [0.25, 0.3) is 0 Å². The summed E-state index contributed by atoms with van der Waals surface area (Å²) in [6.45, 7) is 1.84. The molecule has 2 heterocycles. The van der Waals surface area contributed by atoms with Crippen molar-refractivity contribution in [2.24, 2.45) is 0 Å². The summed E-state index contributed by atoms with van der Waals surface area (Å²) in [4.78, 5) is 4.30. The molecule has 2 unspecified atom stereocenters. The quantitative estimate of drug-likeness (QED) is 0.913. The fraction of sp³-hybridized carbons (Fsp3) is 0.389. The molecule has 24 heavy (non-hydrogen) atoms. The maximum Gasteiger partial charge on any atom is 0.134 e. The molecule has 4 nitrogen and oxygen atoms in total. The minimum Gasteiger partial charge on any atom is -0.380 e. The Balaban J connectivity index is 1.67. The molecule has 6 heteroatoms. The van der Waals surface area contributed by atoms with Gasteiger partial charge in [0.15, 0.2) is 0 Å². The molecule has 1 aromatic carbocycles. The summed E-state index contributed by atoms with van der Waals surface area (Å²) in [5, 5.41) is 3.36. The molecule has 128 valence electrons. The van der Waals surface area contributed by atoms with Crippen molar-refractivity contribution in [2.45, 2.75) is 25.1 Å². The average molecular weight is 334 g/mol. The summed E-state index contributed by atoms with van der Waals surface area (Å²) in [5.74, 6) is -1.19. The Morgan fingerprint density at radius 2 is 2.04 bits per heavy atom. The molecule has 0 aliphatic carbocycles. The molecule has 0 saturated carbocycles. The van der Waals surface area contributed by atoms with Crippen molar-refractivity contribution >= 4 is 0 Å². The van der Waals surface area contributed by atoms with Crippen LogP contribution in [0.25, 0.3) is 11.1 Å². The van der Waals surface area contributed by atoms with Crippen LogP contribution in [0.2, 0.25) is 0 Å². The van der Waals surface area contributed by atoms with Gasteiger partial charge in [0.05, 0.1) is 30.0 Å². The third-order valence-electron chi connectivity index (χ3n) is 4.22. The van der Waals surface area contributed by atoms with Gasteiger partial charge in [-0.1, -0.05) is 12.1 Å². The summed E-state index contributed by atoms with van der Waals surface area (Å²) in [5.41, 5.74) is 1.16. The normalized spacial score (nSPS) is 21.0. The summed E-state index contributed by atoms with van der Waals surface area (Å²) in [6.07, 6.45) is 2.46. The standard InChI is InChI=1S/C18H20F2N2O2/c1-23-17-7-8-24-11-16(17)22-10-13-6-5-12(9-21-13)18-14(19)3-2-4-15(18)20/h2-6,9,16-17,22H,7-8,10-11H2,1H3. The van der Waals surface area contributed by atoms with Crippen molar-refractivity contribution < 1.29 is 18.3 Å². The number of pyridine rings is 1. The second-order valence-electron chi connectivity index (χ2n) is 5.76. The van der Waals surface area contributed by atoms with Crippen LogP contribution in [-0.4, -0.2) is 37.5 Å². The van der Waals surface area contributed by atoms with Crippen LogP contribution in [0.4, 0.5) is 8.78 Å². The molecule has 2 aromatic rings. The largest absolute Gasteiger partial charge is 0.380 e. The van der Waals surface area contributed by atoms with E-state index < -0.39 is 11.6 Å². The highest BCUT2D eigenvalue weighted by atomic mass is 19.1. The highest BCUT2D eigenvalue weighted by molar-refractivity contribution is 5.63. The Morgan fingerprint density at radius 3 is 2.71 bits per heavy atom. The third-order valence-corrected chi connectivity index (χ3v) is 4.22. The maximum atomic E-state index is 13.8. The van der Waals surface area contributed by atoms with Crippen LogP contribution >= 0.6 is 0 Å². The molecule has 2 atom stereocenters. The first-order chi connectivity index (χ1) is 11.7. The molecule has 1 saturated heterocycles. The first-order valence-electron chi connectivity index (χ1n) is 7.92. The van der Waals surface area contributed by atoms with Gasteiger partial charge in [0.1, 0.15) is 11.6 Å². The van der Waals surface area contributed by atoms with Gasteiger partial charge in [-0.15, -0.1) is 0 Å². The zero-order valence-electron chi connectivity index (χ0n) is 13.5. The van der Waals surface area contributed by atoms with Gasteiger partial charge in [-0.3, -0.25) is 4.98 Å². The molecule has 0 radical (unpaired) electrons. The lowest BCUT2D eigenvalue weighted by Crippen LogP contribution is -2.47. The minimum absolute atomic E-state index is 0.0513. The second-order valence-corrected chi connectivity index (χ2v) is 5.76. The van der Waals surface area contributed by atoms with Crippen LogP contribution in [0.1, 0.15) is 12.1 Å². The first kappa shape index (κ1) is 17.0. The number of ether oxygens (including phenoxy) is 2. The van der Waals surface area contributed by atoms with Crippen LogP contribution in [-0.2, 0) is 16.0 Å². The van der Waals surface area contributed by atoms with Gasteiger partial charge in [-0.2, -0.15) is 0 Å². The van der Waals surface area contributed by atoms with Crippen LogP contribution in [0.3, 0.4) is 0 Å². The smallest absolute Gasteiger partial charge is 0.134 e. The van der Waals surface area contributed by atoms with Gasteiger partial charge >= 0.3 is 0 Å². The Kier molecular flexibility index (Phi) is 5.50. The van der Waals surface area contributed by atoms with E-state index >= 15 is 0 Å². The van der Waals surface area contributed by atoms with Crippen LogP contribution in [0, 0.1) is 11.6 Å². The van der Waals surface area contributed by atoms with Crippen LogP contribution in [0.15, 0.2) is 36.5 Å². The number of hydrogen-bond acceptors (Lipinski definition) is 4. The molecule has 1 aliphatic rings. The zero-order valence-corrected chi connectivity index (χ0v) is 13.5. The van der Waals surface area contributed by atoms with E-state index in [1.165, 1.54) is 24.4 Å². The van der Waals surface area contributed by atoms with Crippen LogP contribution < -0.4 is 5.32 Å². The van der Waals surface area contributed by atoms with Crippen molar-refractivity contribution in [3.63, 3.8) is 0 Å². The number of nitrogens with one attached hydrogen (secondary N) is 1. The lowest BCUT2D eigenvalue weighted by atomic mass is 10.1. The van der Waals surface area contributed by atoms with Gasteiger partial charge in [0, 0.05) is 32.0 Å².